The molecule has 15 heavy (non-hydrogen) atoms. The van der Waals surface area contributed by atoms with Gasteiger partial charge in [-0.3, -0.25) is 0 Å². The Balaban J connectivity index is 2.75. The lowest BCUT2D eigenvalue weighted by Crippen LogP contribution is -2.39. The molecule has 0 aromatic rings. The van der Waals surface area contributed by atoms with Crippen LogP contribution >= 0.6 is 10.7 Å². The first-order valence-corrected chi connectivity index (χ1v) is 7.59. The lowest BCUT2D eigenvalue weighted by atomic mass is 9.97. The van der Waals surface area contributed by atoms with E-state index >= 15 is 0 Å². The number of rotatable bonds is 4. The van der Waals surface area contributed by atoms with Gasteiger partial charge in [0.05, 0.1) is 11.4 Å². The highest BCUT2D eigenvalue weighted by molar-refractivity contribution is 8.13. The van der Waals surface area contributed by atoms with E-state index in [1.165, 1.54) is 0 Å². The molecule has 0 aliphatic carbocycles. The Morgan fingerprint density at radius 1 is 1.40 bits per heavy atom. The quantitative estimate of drug-likeness (QED) is 0.716. The SMILES string of the molecule is CCOC1(CS(=O)(=O)Cl)CCCOCC1. The molecule has 0 spiro atoms. The van der Waals surface area contributed by atoms with Crippen LogP contribution in [-0.4, -0.2) is 39.6 Å². The van der Waals surface area contributed by atoms with Crippen molar-refractivity contribution in [3.8, 4) is 0 Å². The zero-order valence-electron chi connectivity index (χ0n) is 8.87. The van der Waals surface area contributed by atoms with Crippen LogP contribution in [0.5, 0.6) is 0 Å². The van der Waals surface area contributed by atoms with Crippen molar-refractivity contribution in [3.63, 3.8) is 0 Å². The van der Waals surface area contributed by atoms with Gasteiger partial charge in [0.25, 0.3) is 0 Å². The van der Waals surface area contributed by atoms with Crippen LogP contribution in [0.15, 0.2) is 0 Å². The Kier molecular flexibility index (Phi) is 4.83. The molecule has 1 saturated heterocycles. The van der Waals surface area contributed by atoms with Crippen LogP contribution in [-0.2, 0) is 18.5 Å². The van der Waals surface area contributed by atoms with Gasteiger partial charge < -0.3 is 9.47 Å². The summed E-state index contributed by atoms with van der Waals surface area (Å²) < 4.78 is 33.1. The molecule has 1 aliphatic rings. The fraction of sp³-hybridized carbons (Fsp3) is 1.00. The summed E-state index contributed by atoms with van der Waals surface area (Å²) in [6, 6.07) is 0. The van der Waals surface area contributed by atoms with Crippen molar-refractivity contribution in [1.29, 1.82) is 0 Å². The predicted octanol–water partition coefficient (Wildman–Crippen LogP) is 1.53. The van der Waals surface area contributed by atoms with Crippen LogP contribution in [0, 0.1) is 0 Å². The molecule has 0 aromatic carbocycles. The largest absolute Gasteiger partial charge is 0.381 e. The summed E-state index contributed by atoms with van der Waals surface area (Å²) in [6.07, 6.45) is 2.09. The lowest BCUT2D eigenvalue weighted by Gasteiger charge is -2.30. The van der Waals surface area contributed by atoms with Crippen molar-refractivity contribution in [2.24, 2.45) is 0 Å². The van der Waals surface area contributed by atoms with Crippen LogP contribution in [0.1, 0.15) is 26.2 Å². The fourth-order valence-corrected chi connectivity index (χ4v) is 3.53. The predicted molar refractivity (Wildman–Crippen MR) is 58.7 cm³/mol. The molecular weight excluding hydrogens is 240 g/mol. The zero-order valence-corrected chi connectivity index (χ0v) is 10.4. The van der Waals surface area contributed by atoms with E-state index in [1.54, 1.807) is 0 Å². The Morgan fingerprint density at radius 3 is 2.73 bits per heavy atom. The second kappa shape index (κ2) is 5.48. The van der Waals surface area contributed by atoms with Crippen molar-refractivity contribution >= 4 is 19.7 Å². The number of ether oxygens (including phenoxy) is 2. The standard InChI is InChI=1S/C9H17ClO4S/c1-2-14-9(8-15(10,11)12)4-3-6-13-7-5-9/h2-8H2,1H3. The summed E-state index contributed by atoms with van der Waals surface area (Å²) in [5, 5.41) is 0. The maximum Gasteiger partial charge on any atom is 0.235 e. The van der Waals surface area contributed by atoms with Crippen molar-refractivity contribution in [3.05, 3.63) is 0 Å². The van der Waals surface area contributed by atoms with Gasteiger partial charge in [-0.1, -0.05) is 0 Å². The third-order valence-corrected chi connectivity index (χ3v) is 3.71. The Labute approximate surface area is 95.3 Å². The molecule has 90 valence electrons. The summed E-state index contributed by atoms with van der Waals surface area (Å²) in [4.78, 5) is 0. The highest BCUT2D eigenvalue weighted by Crippen LogP contribution is 2.28. The van der Waals surface area contributed by atoms with Crippen LogP contribution in [0.25, 0.3) is 0 Å². The van der Waals surface area contributed by atoms with Crippen LogP contribution in [0.3, 0.4) is 0 Å². The van der Waals surface area contributed by atoms with Gasteiger partial charge >= 0.3 is 0 Å². The molecular formula is C9H17ClO4S. The number of halogens is 1. The molecule has 0 N–H and O–H groups in total. The molecule has 0 saturated carbocycles. The first-order chi connectivity index (χ1) is 6.97. The molecule has 1 aliphatic heterocycles. The number of hydrogen-bond donors (Lipinski definition) is 0. The van der Waals surface area contributed by atoms with E-state index in [0.29, 0.717) is 32.7 Å². The summed E-state index contributed by atoms with van der Waals surface area (Å²) in [6.45, 7) is 3.55. The topological polar surface area (TPSA) is 52.6 Å². The molecule has 1 unspecified atom stereocenters. The van der Waals surface area contributed by atoms with E-state index < -0.39 is 14.7 Å². The average Bonchev–Trinajstić information content (AvgIpc) is 2.28. The molecule has 1 heterocycles. The van der Waals surface area contributed by atoms with E-state index in [1.807, 2.05) is 6.92 Å². The van der Waals surface area contributed by atoms with E-state index in [9.17, 15) is 8.42 Å². The van der Waals surface area contributed by atoms with Crippen molar-refractivity contribution in [2.75, 3.05) is 25.6 Å². The molecule has 4 nitrogen and oxygen atoms in total. The molecule has 6 heteroatoms. The van der Waals surface area contributed by atoms with Gasteiger partial charge in [-0.2, -0.15) is 0 Å². The minimum Gasteiger partial charge on any atom is -0.381 e. The van der Waals surface area contributed by atoms with E-state index in [0.717, 1.165) is 6.42 Å². The molecule has 1 fully saturated rings. The Morgan fingerprint density at radius 2 is 2.13 bits per heavy atom. The summed E-state index contributed by atoms with van der Waals surface area (Å²) in [7, 11) is 1.77. The normalized spacial score (nSPS) is 28.7. The first-order valence-electron chi connectivity index (χ1n) is 5.11. The highest BCUT2D eigenvalue weighted by atomic mass is 35.7. The van der Waals surface area contributed by atoms with Gasteiger partial charge in [0.15, 0.2) is 0 Å². The number of hydrogen-bond acceptors (Lipinski definition) is 4. The second-order valence-corrected chi connectivity index (χ2v) is 6.54. The Bertz CT molecular complexity index is 280. The van der Waals surface area contributed by atoms with Crippen molar-refractivity contribution in [2.45, 2.75) is 31.8 Å². The second-order valence-electron chi connectivity index (χ2n) is 3.77. The van der Waals surface area contributed by atoms with E-state index in [4.69, 9.17) is 20.2 Å². The minimum absolute atomic E-state index is 0.126. The van der Waals surface area contributed by atoms with Crippen LogP contribution in [0.4, 0.5) is 0 Å². The third-order valence-electron chi connectivity index (χ3n) is 2.51. The maximum absolute atomic E-state index is 11.1. The Hall–Kier alpha value is 0.160. The molecule has 0 bridgehead atoms. The monoisotopic (exact) mass is 256 g/mol. The van der Waals surface area contributed by atoms with Crippen molar-refractivity contribution in [1.82, 2.24) is 0 Å². The lowest BCUT2D eigenvalue weighted by molar-refractivity contribution is -0.0351. The fourth-order valence-electron chi connectivity index (χ4n) is 1.93. The molecule has 0 amide bonds. The summed E-state index contributed by atoms with van der Waals surface area (Å²) >= 11 is 0. The minimum atomic E-state index is -3.53. The van der Waals surface area contributed by atoms with Gasteiger partial charge in [-0.15, -0.1) is 0 Å². The van der Waals surface area contributed by atoms with E-state index in [-0.39, 0.29) is 5.75 Å². The summed E-state index contributed by atoms with van der Waals surface area (Å²) in [5.41, 5.74) is -0.647. The van der Waals surface area contributed by atoms with Crippen LogP contribution < -0.4 is 0 Å². The third kappa shape index (κ3) is 4.68. The molecule has 1 rings (SSSR count). The first kappa shape index (κ1) is 13.2. The molecule has 1 atom stereocenters. The average molecular weight is 257 g/mol. The van der Waals surface area contributed by atoms with Gasteiger partial charge in [-0.25, -0.2) is 8.42 Å². The van der Waals surface area contributed by atoms with Gasteiger partial charge in [0, 0.05) is 36.9 Å². The smallest absolute Gasteiger partial charge is 0.235 e. The van der Waals surface area contributed by atoms with Gasteiger partial charge in [0.1, 0.15) is 0 Å². The van der Waals surface area contributed by atoms with Gasteiger partial charge in [0.2, 0.25) is 9.05 Å². The molecule has 0 radical (unpaired) electrons. The van der Waals surface area contributed by atoms with Crippen molar-refractivity contribution < 1.29 is 17.9 Å². The highest BCUT2D eigenvalue weighted by Gasteiger charge is 2.36. The summed E-state index contributed by atoms with van der Waals surface area (Å²) in [5.74, 6) is -0.126. The van der Waals surface area contributed by atoms with Crippen LogP contribution in [0.2, 0.25) is 0 Å². The van der Waals surface area contributed by atoms with E-state index in [2.05, 4.69) is 0 Å². The zero-order chi connectivity index (χ0) is 11.4. The van der Waals surface area contributed by atoms with Gasteiger partial charge in [-0.05, 0) is 19.8 Å². The maximum atomic E-state index is 11.1. The molecule has 0 aromatic heterocycles.